The van der Waals surface area contributed by atoms with Crippen LogP contribution in [0.15, 0.2) is 18.5 Å². The van der Waals surface area contributed by atoms with Crippen molar-refractivity contribution >= 4 is 41.1 Å². The molecule has 2 aromatic rings. The maximum absolute atomic E-state index is 12.5. The first-order valence-electron chi connectivity index (χ1n) is 11.9. The average molecular weight is 511 g/mol. The van der Waals surface area contributed by atoms with Crippen LogP contribution in [0.5, 0.6) is 0 Å². The van der Waals surface area contributed by atoms with Gasteiger partial charge in [-0.05, 0) is 30.9 Å². The van der Waals surface area contributed by atoms with Crippen LogP contribution in [0.3, 0.4) is 0 Å². The van der Waals surface area contributed by atoms with Gasteiger partial charge >= 0.3 is 6.03 Å². The quantitative estimate of drug-likeness (QED) is 0.374. The van der Waals surface area contributed by atoms with E-state index in [1.54, 1.807) is 0 Å². The molecule has 1 fully saturated rings. The number of aromatic nitrogens is 3. The van der Waals surface area contributed by atoms with Gasteiger partial charge in [-0.1, -0.05) is 33.5 Å². The van der Waals surface area contributed by atoms with Gasteiger partial charge in [0.25, 0.3) is 0 Å². The number of ether oxygens (including phenoxy) is 1. The lowest BCUT2D eigenvalue weighted by Gasteiger charge is -2.32. The Morgan fingerprint density at radius 2 is 2.09 bits per heavy atom. The third kappa shape index (κ3) is 7.75. The zero-order valence-corrected chi connectivity index (χ0v) is 22.7. The molecule has 0 aliphatic carbocycles. The van der Waals surface area contributed by atoms with Crippen LogP contribution < -0.4 is 10.6 Å². The molecule has 3 rings (SSSR count). The lowest BCUT2D eigenvalue weighted by atomic mass is 10.1. The van der Waals surface area contributed by atoms with Crippen molar-refractivity contribution in [3.8, 4) is 0 Å². The maximum atomic E-state index is 12.5. The highest BCUT2D eigenvalue weighted by atomic mass is 32.2. The predicted molar refractivity (Wildman–Crippen MR) is 137 cm³/mol. The van der Waals surface area contributed by atoms with Gasteiger partial charge in [-0.15, -0.1) is 0 Å². The van der Waals surface area contributed by atoms with Gasteiger partial charge in [0.05, 0.1) is 11.9 Å². The van der Waals surface area contributed by atoms with E-state index in [9.17, 15) is 13.2 Å². The van der Waals surface area contributed by atoms with Crippen molar-refractivity contribution in [2.24, 2.45) is 5.92 Å². The van der Waals surface area contributed by atoms with E-state index in [1.165, 1.54) is 10.5 Å². The molecule has 10 nitrogen and oxygen atoms in total. The van der Waals surface area contributed by atoms with Crippen LogP contribution >= 0.6 is 0 Å². The Balaban J connectivity index is 1.53. The number of nitrogens with zero attached hydrogens (tertiary/aromatic N) is 4. The minimum Gasteiger partial charge on any atom is -0.361 e. The highest BCUT2D eigenvalue weighted by Gasteiger charge is 2.30. The van der Waals surface area contributed by atoms with Gasteiger partial charge in [0.15, 0.2) is 11.5 Å². The summed E-state index contributed by atoms with van der Waals surface area (Å²) in [5, 5.41) is 5.59. The Hall–Kier alpha value is -2.02. The number of anilines is 1. The second-order valence-corrected chi connectivity index (χ2v) is 18.2. The van der Waals surface area contributed by atoms with Gasteiger partial charge < -0.3 is 14.6 Å². The number of nitrogens with one attached hydrogen (secondary N) is 2. The molecular weight excluding hydrogens is 472 g/mol. The van der Waals surface area contributed by atoms with Crippen molar-refractivity contribution in [1.82, 2.24) is 24.2 Å². The summed E-state index contributed by atoms with van der Waals surface area (Å²) >= 11 is 0. The fourth-order valence-corrected chi connectivity index (χ4v) is 6.47. The molecule has 190 valence electrons. The summed E-state index contributed by atoms with van der Waals surface area (Å²) in [7, 11) is -4.45. The Morgan fingerprint density at radius 3 is 2.79 bits per heavy atom. The van der Waals surface area contributed by atoms with Crippen LogP contribution in [-0.4, -0.2) is 72.9 Å². The van der Waals surface area contributed by atoms with Crippen molar-refractivity contribution in [1.29, 1.82) is 0 Å². The number of urea groups is 1. The molecule has 1 unspecified atom stereocenters. The minimum atomic E-state index is -3.32. The summed E-state index contributed by atoms with van der Waals surface area (Å²) in [6.07, 6.45) is 4.83. The van der Waals surface area contributed by atoms with Crippen molar-refractivity contribution in [2.45, 2.75) is 65.1 Å². The van der Waals surface area contributed by atoms with Crippen molar-refractivity contribution in [2.75, 3.05) is 30.8 Å². The first-order valence-corrected chi connectivity index (χ1v) is 17.2. The number of piperidine rings is 1. The topological polar surface area (TPSA) is 118 Å². The predicted octanol–water partition coefficient (Wildman–Crippen LogP) is 3.32. The summed E-state index contributed by atoms with van der Waals surface area (Å²) in [5.41, 5.74) is 1.35. The van der Waals surface area contributed by atoms with E-state index in [1.807, 2.05) is 30.7 Å². The van der Waals surface area contributed by atoms with Crippen LogP contribution in [0, 0.1) is 5.92 Å². The van der Waals surface area contributed by atoms with Crippen molar-refractivity contribution in [3.05, 3.63) is 18.5 Å². The Labute approximate surface area is 203 Å². The SMILES string of the molecule is CC(C)CS(=O)(=O)N1CCCC(NC(=O)Nc2cnc3c(ccn3COCC[Si](C)(C)C)n2)C1. The minimum absolute atomic E-state index is 0.0571. The van der Waals surface area contributed by atoms with E-state index in [-0.39, 0.29) is 24.3 Å². The fourth-order valence-electron chi connectivity index (χ4n) is 3.84. The van der Waals surface area contributed by atoms with Gasteiger partial charge in [0.1, 0.15) is 12.2 Å². The van der Waals surface area contributed by atoms with Gasteiger partial charge in [0, 0.05) is 40.0 Å². The van der Waals surface area contributed by atoms with Crippen LogP contribution in [0.1, 0.15) is 26.7 Å². The van der Waals surface area contributed by atoms with E-state index in [0.29, 0.717) is 36.7 Å². The number of hydrogen-bond acceptors (Lipinski definition) is 6. The van der Waals surface area contributed by atoms with E-state index < -0.39 is 24.1 Å². The number of carbonyl (C=O) groups excluding carboxylic acids is 1. The lowest BCUT2D eigenvalue weighted by molar-refractivity contribution is 0.0899. The largest absolute Gasteiger partial charge is 0.361 e. The van der Waals surface area contributed by atoms with Crippen molar-refractivity contribution in [3.63, 3.8) is 0 Å². The molecule has 1 saturated heterocycles. The van der Waals surface area contributed by atoms with Gasteiger partial charge in [-0.25, -0.2) is 23.2 Å². The summed E-state index contributed by atoms with van der Waals surface area (Å²) in [5.74, 6) is 0.508. The molecule has 0 saturated carbocycles. The second-order valence-electron chi connectivity index (χ2n) is 10.6. The van der Waals surface area contributed by atoms with Crippen LogP contribution in [0.25, 0.3) is 11.2 Å². The molecule has 0 spiro atoms. The Kier molecular flexibility index (Phi) is 8.71. The lowest BCUT2D eigenvalue weighted by Crippen LogP contribution is -2.51. The first-order chi connectivity index (χ1) is 15.9. The van der Waals surface area contributed by atoms with E-state index >= 15 is 0 Å². The zero-order chi connectivity index (χ0) is 24.9. The van der Waals surface area contributed by atoms with Crippen LogP contribution in [0.4, 0.5) is 10.6 Å². The standard InChI is InChI=1S/C22H38N6O4SSi/c1-17(2)15-33(30,31)28-9-6-7-18(14-28)24-22(29)26-20-13-23-21-19(25-20)8-10-27(21)16-32-11-12-34(3,4)5/h8,10,13,17-18H,6-7,9,11-12,14-16H2,1-5H3,(H2,24,25,26,29). The molecule has 2 N–H and O–H groups in total. The molecule has 12 heteroatoms. The second kappa shape index (κ2) is 11.1. The van der Waals surface area contributed by atoms with Gasteiger partial charge in [-0.3, -0.25) is 5.32 Å². The third-order valence-corrected chi connectivity index (χ3v) is 9.50. The number of fused-ring (bicyclic) bond motifs is 1. The van der Waals surface area contributed by atoms with Crippen molar-refractivity contribution < 1.29 is 17.9 Å². The molecule has 0 aromatic carbocycles. The molecule has 34 heavy (non-hydrogen) atoms. The van der Waals surface area contributed by atoms with E-state index in [0.717, 1.165) is 19.1 Å². The molecule has 1 atom stereocenters. The normalized spacial score (nSPS) is 17.9. The number of sulfonamides is 1. The maximum Gasteiger partial charge on any atom is 0.320 e. The first kappa shape index (κ1) is 26.6. The van der Waals surface area contributed by atoms with Gasteiger partial charge in [0.2, 0.25) is 10.0 Å². The third-order valence-electron chi connectivity index (χ3n) is 5.59. The molecule has 2 amide bonds. The number of amides is 2. The summed E-state index contributed by atoms with van der Waals surface area (Å²) in [6, 6.07) is 2.27. The Morgan fingerprint density at radius 1 is 1.32 bits per heavy atom. The fraction of sp³-hybridized carbons (Fsp3) is 0.682. The number of rotatable bonds is 10. The average Bonchev–Trinajstić information content (AvgIpc) is 3.12. The molecule has 3 heterocycles. The zero-order valence-electron chi connectivity index (χ0n) is 20.9. The number of carbonyl (C=O) groups is 1. The highest BCUT2D eigenvalue weighted by molar-refractivity contribution is 7.89. The Bertz CT molecular complexity index is 1080. The molecule has 2 aromatic heterocycles. The monoisotopic (exact) mass is 510 g/mol. The summed E-state index contributed by atoms with van der Waals surface area (Å²) < 4.78 is 34.3. The molecule has 1 aliphatic heterocycles. The summed E-state index contributed by atoms with van der Waals surface area (Å²) in [6.45, 7) is 12.6. The smallest absolute Gasteiger partial charge is 0.320 e. The van der Waals surface area contributed by atoms with Crippen LogP contribution in [0.2, 0.25) is 25.7 Å². The van der Waals surface area contributed by atoms with Gasteiger partial charge in [-0.2, -0.15) is 4.31 Å². The van der Waals surface area contributed by atoms with E-state index in [4.69, 9.17) is 4.74 Å². The summed E-state index contributed by atoms with van der Waals surface area (Å²) in [4.78, 5) is 21.4. The number of hydrogen-bond donors (Lipinski definition) is 2. The molecule has 1 aliphatic rings. The molecule has 0 bridgehead atoms. The molecular formula is C22H38N6O4SSi. The highest BCUT2D eigenvalue weighted by Crippen LogP contribution is 2.17. The molecule has 0 radical (unpaired) electrons. The van der Waals surface area contributed by atoms with Crippen LogP contribution in [-0.2, 0) is 21.5 Å². The van der Waals surface area contributed by atoms with E-state index in [2.05, 4.69) is 40.2 Å².